The van der Waals surface area contributed by atoms with Gasteiger partial charge in [0.05, 0.1) is 0 Å². The second-order valence-electron chi connectivity index (χ2n) is 3.91. The van der Waals surface area contributed by atoms with Gasteiger partial charge in [0.25, 0.3) is 0 Å². The Bertz CT molecular complexity index is 625. The summed E-state index contributed by atoms with van der Waals surface area (Å²) in [4.78, 5) is 4.48. The first-order valence-corrected chi connectivity index (χ1v) is 5.72. The molecule has 0 atom stereocenters. The van der Waals surface area contributed by atoms with E-state index in [-0.39, 0.29) is 0 Å². The predicted molar refractivity (Wildman–Crippen MR) is 65.3 cm³/mol. The summed E-state index contributed by atoms with van der Waals surface area (Å²) in [6.07, 6.45) is 4.08. The molecular formula is C14H13N2O+. The monoisotopic (exact) mass is 225 g/mol. The highest BCUT2D eigenvalue weighted by Gasteiger charge is 2.10. The van der Waals surface area contributed by atoms with Gasteiger partial charge in [-0.15, -0.1) is 0 Å². The topological polar surface area (TPSA) is 29.9 Å². The van der Waals surface area contributed by atoms with E-state index in [9.17, 15) is 0 Å². The number of aryl methyl sites for hydroxylation is 1. The van der Waals surface area contributed by atoms with E-state index in [4.69, 9.17) is 4.42 Å². The molecule has 0 bridgehead atoms. The Hall–Kier alpha value is -2.16. The van der Waals surface area contributed by atoms with Gasteiger partial charge in [0.2, 0.25) is 5.89 Å². The zero-order valence-corrected chi connectivity index (χ0v) is 9.63. The van der Waals surface area contributed by atoms with Crippen molar-refractivity contribution < 1.29 is 8.98 Å². The normalized spacial score (nSPS) is 10.9. The van der Waals surface area contributed by atoms with Crippen LogP contribution in [0.3, 0.4) is 0 Å². The summed E-state index contributed by atoms with van der Waals surface area (Å²) in [5.74, 6) is 0.675. The Labute approximate surface area is 99.3 Å². The maximum Gasteiger partial charge on any atom is 0.233 e. The lowest BCUT2D eigenvalue weighted by atomic mass is 10.3. The molecule has 3 aromatic rings. The molecule has 0 N–H and O–H groups in total. The molecule has 0 radical (unpaired) electrons. The Kier molecular flexibility index (Phi) is 2.37. The number of pyridine rings is 1. The zero-order valence-electron chi connectivity index (χ0n) is 9.63. The fraction of sp³-hybridized carbons (Fsp3) is 0.143. The van der Waals surface area contributed by atoms with Crippen molar-refractivity contribution in [3.63, 3.8) is 0 Å². The Balaban J connectivity index is 2.13. The van der Waals surface area contributed by atoms with Crippen molar-refractivity contribution in [2.75, 3.05) is 0 Å². The Morgan fingerprint density at radius 2 is 2.06 bits per heavy atom. The number of benzene rings is 1. The van der Waals surface area contributed by atoms with Crippen LogP contribution in [0.2, 0.25) is 0 Å². The zero-order chi connectivity index (χ0) is 11.7. The van der Waals surface area contributed by atoms with Gasteiger partial charge in [0, 0.05) is 6.07 Å². The molecule has 0 amide bonds. The lowest BCUT2D eigenvalue weighted by Crippen LogP contribution is -2.30. The van der Waals surface area contributed by atoms with Crippen molar-refractivity contribution in [2.24, 2.45) is 0 Å². The van der Waals surface area contributed by atoms with Gasteiger partial charge in [-0.2, -0.15) is 0 Å². The summed E-state index contributed by atoms with van der Waals surface area (Å²) in [6.45, 7) is 3.05. The summed E-state index contributed by atoms with van der Waals surface area (Å²) in [5, 5.41) is 0. The molecule has 0 aliphatic carbocycles. The lowest BCUT2D eigenvalue weighted by Gasteiger charge is -1.94. The maximum absolute atomic E-state index is 5.73. The van der Waals surface area contributed by atoms with Gasteiger partial charge in [-0.1, -0.05) is 12.1 Å². The molecule has 2 heterocycles. The van der Waals surface area contributed by atoms with Crippen molar-refractivity contribution in [3.05, 3.63) is 48.8 Å². The van der Waals surface area contributed by atoms with E-state index in [0.717, 1.165) is 23.2 Å². The number of rotatable bonds is 2. The molecule has 0 aliphatic heterocycles. The van der Waals surface area contributed by atoms with Crippen LogP contribution < -0.4 is 4.57 Å². The standard InChI is InChI=1S/C14H13N2O/c1-2-16-9-5-6-11(10-16)14-15-12-7-3-4-8-13(12)17-14/h3-10H,2H2,1H3/q+1. The van der Waals surface area contributed by atoms with Gasteiger partial charge >= 0.3 is 0 Å². The molecule has 0 aliphatic rings. The SMILES string of the molecule is CC[n+]1cccc(-c2nc3ccccc3o2)c1. The second kappa shape index (κ2) is 4.01. The molecule has 2 aromatic heterocycles. The summed E-state index contributed by atoms with van der Waals surface area (Å²) < 4.78 is 7.83. The van der Waals surface area contributed by atoms with Gasteiger partial charge in [-0.3, -0.25) is 0 Å². The highest BCUT2D eigenvalue weighted by atomic mass is 16.3. The number of oxazole rings is 1. The average Bonchev–Trinajstić information content (AvgIpc) is 2.82. The summed E-state index contributed by atoms with van der Waals surface area (Å²) in [5.41, 5.74) is 2.73. The van der Waals surface area contributed by atoms with Crippen molar-refractivity contribution in [3.8, 4) is 11.5 Å². The fourth-order valence-electron chi connectivity index (χ4n) is 1.84. The molecule has 0 saturated carbocycles. The average molecular weight is 225 g/mol. The molecule has 3 rings (SSSR count). The first kappa shape index (κ1) is 10.0. The van der Waals surface area contributed by atoms with Crippen molar-refractivity contribution in [1.82, 2.24) is 4.98 Å². The van der Waals surface area contributed by atoms with Crippen LogP contribution >= 0.6 is 0 Å². The number of fused-ring (bicyclic) bond motifs is 1. The Morgan fingerprint density at radius 3 is 2.88 bits per heavy atom. The number of para-hydroxylation sites is 2. The van der Waals surface area contributed by atoms with Crippen LogP contribution in [0.15, 0.2) is 53.2 Å². The van der Waals surface area contributed by atoms with Crippen LogP contribution in [-0.2, 0) is 6.54 Å². The van der Waals surface area contributed by atoms with E-state index in [1.807, 2.05) is 48.8 Å². The van der Waals surface area contributed by atoms with E-state index in [1.165, 1.54) is 0 Å². The molecule has 84 valence electrons. The minimum atomic E-state index is 0.675. The highest BCUT2D eigenvalue weighted by molar-refractivity contribution is 5.75. The fourth-order valence-corrected chi connectivity index (χ4v) is 1.84. The van der Waals surface area contributed by atoms with Crippen molar-refractivity contribution >= 4 is 11.1 Å². The highest BCUT2D eigenvalue weighted by Crippen LogP contribution is 2.22. The van der Waals surface area contributed by atoms with Gasteiger partial charge in [0.1, 0.15) is 17.6 Å². The van der Waals surface area contributed by atoms with Gasteiger partial charge in [-0.25, -0.2) is 9.55 Å². The molecule has 3 nitrogen and oxygen atoms in total. The van der Waals surface area contributed by atoms with E-state index < -0.39 is 0 Å². The second-order valence-corrected chi connectivity index (χ2v) is 3.91. The Morgan fingerprint density at radius 1 is 1.18 bits per heavy atom. The predicted octanol–water partition coefficient (Wildman–Crippen LogP) is 2.80. The number of nitrogens with zero attached hydrogens (tertiary/aromatic N) is 2. The van der Waals surface area contributed by atoms with Crippen LogP contribution in [0.4, 0.5) is 0 Å². The largest absolute Gasteiger partial charge is 0.436 e. The smallest absolute Gasteiger partial charge is 0.233 e. The molecule has 3 heteroatoms. The van der Waals surface area contributed by atoms with Crippen molar-refractivity contribution in [1.29, 1.82) is 0 Å². The first-order valence-electron chi connectivity index (χ1n) is 5.72. The number of hydrogen-bond acceptors (Lipinski definition) is 2. The third kappa shape index (κ3) is 1.80. The first-order chi connectivity index (χ1) is 8.36. The molecule has 0 unspecified atom stereocenters. The summed E-state index contributed by atoms with van der Waals surface area (Å²) in [6, 6.07) is 11.8. The van der Waals surface area contributed by atoms with Crippen LogP contribution in [-0.4, -0.2) is 4.98 Å². The quantitative estimate of drug-likeness (QED) is 0.628. The molecule has 0 saturated heterocycles. The van der Waals surface area contributed by atoms with Crippen LogP contribution in [0, 0.1) is 0 Å². The molecule has 1 aromatic carbocycles. The van der Waals surface area contributed by atoms with E-state index in [2.05, 4.69) is 16.5 Å². The van der Waals surface area contributed by atoms with Gasteiger partial charge in [0.15, 0.2) is 18.0 Å². The van der Waals surface area contributed by atoms with Crippen molar-refractivity contribution in [2.45, 2.75) is 13.5 Å². The van der Waals surface area contributed by atoms with E-state index in [0.29, 0.717) is 5.89 Å². The third-order valence-corrected chi connectivity index (χ3v) is 2.76. The number of hydrogen-bond donors (Lipinski definition) is 0. The maximum atomic E-state index is 5.73. The lowest BCUT2D eigenvalue weighted by molar-refractivity contribution is -0.693. The number of aromatic nitrogens is 2. The van der Waals surface area contributed by atoms with E-state index >= 15 is 0 Å². The van der Waals surface area contributed by atoms with Gasteiger partial charge < -0.3 is 4.42 Å². The third-order valence-electron chi connectivity index (χ3n) is 2.76. The molecule has 0 spiro atoms. The van der Waals surface area contributed by atoms with Gasteiger partial charge in [-0.05, 0) is 25.1 Å². The van der Waals surface area contributed by atoms with Crippen LogP contribution in [0.25, 0.3) is 22.6 Å². The van der Waals surface area contributed by atoms with E-state index in [1.54, 1.807) is 0 Å². The van der Waals surface area contributed by atoms with Crippen LogP contribution in [0.5, 0.6) is 0 Å². The summed E-state index contributed by atoms with van der Waals surface area (Å²) >= 11 is 0. The minimum Gasteiger partial charge on any atom is -0.436 e. The molecule has 0 fully saturated rings. The minimum absolute atomic E-state index is 0.675. The summed E-state index contributed by atoms with van der Waals surface area (Å²) in [7, 11) is 0. The molecular weight excluding hydrogens is 212 g/mol. The van der Waals surface area contributed by atoms with Crippen LogP contribution in [0.1, 0.15) is 6.92 Å². The molecule has 17 heavy (non-hydrogen) atoms.